The maximum Gasteiger partial charge on any atom is 0.171 e. The molecule has 0 saturated carbocycles. The largest absolute Gasteiger partial charge is 0.309 e. The molecule has 344 valence electrons. The number of hydrogen-bond donors (Lipinski definition) is 0. The van der Waals surface area contributed by atoms with Gasteiger partial charge in [0.05, 0.1) is 0 Å². The minimum atomic E-state index is -3.46. The van der Waals surface area contributed by atoms with Crippen molar-refractivity contribution < 1.29 is 4.57 Å². The monoisotopic (exact) mass is 932 g/mol. The molecule has 0 aromatic heterocycles. The van der Waals surface area contributed by atoms with Gasteiger partial charge in [-0.3, -0.25) is 0 Å². The van der Waals surface area contributed by atoms with Crippen LogP contribution in [0.1, 0.15) is 125 Å². The fourth-order valence-electron chi connectivity index (χ4n) is 12.2. The zero-order valence-electron chi connectivity index (χ0n) is 41.4. The lowest BCUT2D eigenvalue weighted by atomic mass is 9.75. The summed E-state index contributed by atoms with van der Waals surface area (Å²) in [6.45, 7) is 14.0. The van der Waals surface area contributed by atoms with Gasteiger partial charge in [-0.25, -0.2) is 0 Å². The Morgan fingerprint density at radius 2 is 0.493 bits per heavy atom. The number of hydrogen-bond acceptors (Lipinski definition) is 1. The molecule has 9 aromatic carbocycles. The average Bonchev–Trinajstić information content (AvgIpc) is 3.64. The van der Waals surface area contributed by atoms with Crippen LogP contribution in [0.3, 0.4) is 0 Å². The molecule has 3 aliphatic rings. The topological polar surface area (TPSA) is 17.1 Å². The molecule has 0 fully saturated rings. The van der Waals surface area contributed by atoms with Crippen molar-refractivity contribution in [2.75, 3.05) is 0 Å². The highest BCUT2D eigenvalue weighted by atomic mass is 31.2. The van der Waals surface area contributed by atoms with Crippen LogP contribution < -0.4 is 15.9 Å². The van der Waals surface area contributed by atoms with Crippen molar-refractivity contribution in [2.24, 2.45) is 0 Å². The molecule has 0 amide bonds. The van der Waals surface area contributed by atoms with E-state index in [9.17, 15) is 0 Å². The molecule has 0 heterocycles. The summed E-state index contributed by atoms with van der Waals surface area (Å²) in [7, 11) is -3.46. The van der Waals surface area contributed by atoms with Gasteiger partial charge in [0.1, 0.15) is 0 Å². The van der Waals surface area contributed by atoms with E-state index in [0.29, 0.717) is 0 Å². The van der Waals surface area contributed by atoms with Crippen LogP contribution in [0, 0.1) is 0 Å². The van der Waals surface area contributed by atoms with E-state index in [-0.39, 0.29) is 16.2 Å². The molecular weight excluding hydrogens is 876 g/mol. The van der Waals surface area contributed by atoms with E-state index in [4.69, 9.17) is 0 Å². The van der Waals surface area contributed by atoms with Crippen molar-refractivity contribution in [3.63, 3.8) is 0 Å². The summed E-state index contributed by atoms with van der Waals surface area (Å²) < 4.78 is 16.7. The molecule has 3 aliphatic carbocycles. The number of benzene rings is 9. The Morgan fingerprint density at radius 1 is 0.268 bits per heavy atom. The van der Waals surface area contributed by atoms with Gasteiger partial charge in [-0.2, -0.15) is 0 Å². The van der Waals surface area contributed by atoms with Crippen molar-refractivity contribution in [3.05, 3.63) is 302 Å². The maximum atomic E-state index is 16.7. The van der Waals surface area contributed by atoms with Crippen LogP contribution >= 0.6 is 7.14 Å². The summed E-state index contributed by atoms with van der Waals surface area (Å²) in [5, 5.41) is 2.40. The quantitative estimate of drug-likeness (QED) is 0.152. The average molecular weight is 933 g/mol. The number of rotatable bonds is 6. The van der Waals surface area contributed by atoms with Crippen LogP contribution in [0.15, 0.2) is 218 Å². The van der Waals surface area contributed by atoms with Crippen LogP contribution in [-0.4, -0.2) is 0 Å². The van der Waals surface area contributed by atoms with Gasteiger partial charge in [-0.05, 0) is 118 Å². The third-order valence-electron chi connectivity index (χ3n) is 16.1. The smallest absolute Gasteiger partial charge is 0.171 e. The minimum absolute atomic E-state index is 0.192. The van der Waals surface area contributed by atoms with Crippen molar-refractivity contribution in [1.29, 1.82) is 0 Å². The van der Waals surface area contributed by atoms with Crippen molar-refractivity contribution in [2.45, 2.75) is 57.8 Å². The van der Waals surface area contributed by atoms with Gasteiger partial charge >= 0.3 is 0 Å². The molecule has 2 heteroatoms. The van der Waals surface area contributed by atoms with E-state index in [1.165, 1.54) is 66.8 Å². The molecule has 12 rings (SSSR count). The molecule has 71 heavy (non-hydrogen) atoms. The summed E-state index contributed by atoms with van der Waals surface area (Å²) in [5.41, 5.74) is 21.3. The minimum Gasteiger partial charge on any atom is -0.309 e. The van der Waals surface area contributed by atoms with E-state index >= 15 is 4.57 Å². The maximum absolute atomic E-state index is 16.7. The first kappa shape index (κ1) is 44.6. The third kappa shape index (κ3) is 7.16. The lowest BCUT2D eigenvalue weighted by molar-refractivity contribution is 0.592. The Bertz CT molecular complexity index is 3330. The third-order valence-corrected chi connectivity index (χ3v) is 19.2. The predicted molar refractivity (Wildman–Crippen MR) is 302 cm³/mol. The summed E-state index contributed by atoms with van der Waals surface area (Å²) in [4.78, 5) is 0. The van der Waals surface area contributed by atoms with E-state index in [1.807, 2.05) is 0 Å². The predicted octanol–water partition coefficient (Wildman–Crippen LogP) is 16.0. The standard InChI is InChI=1S/C69H57OP/c1-67(2)61-25-13-7-19-49(61)43-58(55-22-10-16-28-64(55)67)46-31-37-52(38-32-46)71(70,53-39-33-47(34-40-53)59-44-50-20-8-14-26-62(50)68(3,4)65-29-17-11-23-56(59)65)54-41-35-48(36-42-54)60-45-51-21-9-15-27-63(51)69(5,6)66-30-18-12-24-57(60)66/h7-45H,1-6H3. The Balaban J connectivity index is 1.00. The van der Waals surface area contributed by atoms with Crippen LogP contribution in [0.2, 0.25) is 0 Å². The molecule has 0 spiro atoms. The van der Waals surface area contributed by atoms with Crippen LogP contribution in [0.5, 0.6) is 0 Å². The molecule has 0 saturated heterocycles. The summed E-state index contributed by atoms with van der Waals surface area (Å²) >= 11 is 0. The second-order valence-electron chi connectivity index (χ2n) is 21.2. The second kappa shape index (κ2) is 16.8. The van der Waals surface area contributed by atoms with Gasteiger partial charge in [0.2, 0.25) is 0 Å². The Labute approximate surface area is 420 Å². The Hall–Kier alpha value is -7.57. The summed E-state index contributed by atoms with van der Waals surface area (Å²) in [6, 6.07) is 78.6. The Kier molecular flexibility index (Phi) is 10.6. The SMILES string of the molecule is CC1(C)c2ccccc2C=C(c2ccc(P(=O)(c3ccc(C4=Cc5ccccc5C(C)(C)c5ccccc54)cc3)c3ccc(C4=Cc5ccccc5C(C)(C)c5ccccc54)cc3)cc2)c2ccccc21. The second-order valence-corrected chi connectivity index (χ2v) is 24.0. The van der Waals surface area contributed by atoms with E-state index in [2.05, 4.69) is 278 Å². The molecular formula is C69H57OP. The first-order chi connectivity index (χ1) is 34.3. The lowest BCUT2D eigenvalue weighted by Gasteiger charge is -2.28. The van der Waals surface area contributed by atoms with Gasteiger partial charge in [-0.15, -0.1) is 0 Å². The van der Waals surface area contributed by atoms with Gasteiger partial charge in [0, 0.05) is 32.2 Å². The molecule has 0 radical (unpaired) electrons. The zero-order chi connectivity index (χ0) is 48.7. The van der Waals surface area contributed by atoms with Gasteiger partial charge in [0.15, 0.2) is 7.14 Å². The van der Waals surface area contributed by atoms with Gasteiger partial charge < -0.3 is 4.57 Å². The molecule has 0 atom stereocenters. The molecule has 0 bridgehead atoms. The van der Waals surface area contributed by atoms with E-state index in [1.54, 1.807) is 0 Å². The highest BCUT2D eigenvalue weighted by Gasteiger charge is 2.36. The lowest BCUT2D eigenvalue weighted by Crippen LogP contribution is -2.25. The van der Waals surface area contributed by atoms with E-state index < -0.39 is 7.14 Å². The first-order valence-corrected chi connectivity index (χ1v) is 26.7. The normalized spacial score (nSPS) is 15.8. The van der Waals surface area contributed by atoms with Gasteiger partial charge in [-0.1, -0.05) is 260 Å². The number of fused-ring (bicyclic) bond motifs is 6. The molecule has 9 aromatic rings. The van der Waals surface area contributed by atoms with Crippen molar-refractivity contribution >= 4 is 58.0 Å². The van der Waals surface area contributed by atoms with E-state index in [0.717, 1.165) is 49.3 Å². The van der Waals surface area contributed by atoms with Gasteiger partial charge in [0.25, 0.3) is 0 Å². The van der Waals surface area contributed by atoms with Crippen molar-refractivity contribution in [1.82, 2.24) is 0 Å². The Morgan fingerprint density at radius 3 is 0.761 bits per heavy atom. The fourth-order valence-corrected chi connectivity index (χ4v) is 14.8. The molecule has 0 aliphatic heterocycles. The van der Waals surface area contributed by atoms with Crippen LogP contribution in [-0.2, 0) is 20.8 Å². The van der Waals surface area contributed by atoms with Crippen LogP contribution in [0.25, 0.3) is 34.9 Å². The fraction of sp³-hybridized carbons (Fsp3) is 0.130. The summed E-state index contributed by atoms with van der Waals surface area (Å²) in [6.07, 6.45) is 7.03. The highest BCUT2D eigenvalue weighted by molar-refractivity contribution is 7.85. The molecule has 0 unspecified atom stereocenters. The van der Waals surface area contributed by atoms with Crippen LogP contribution in [0.4, 0.5) is 0 Å². The first-order valence-electron chi connectivity index (χ1n) is 25.0. The zero-order valence-corrected chi connectivity index (χ0v) is 42.3. The van der Waals surface area contributed by atoms with Crippen molar-refractivity contribution in [3.8, 4) is 0 Å². The molecule has 0 N–H and O–H groups in total. The summed E-state index contributed by atoms with van der Waals surface area (Å²) in [5.74, 6) is 0. The molecule has 1 nitrogen and oxygen atoms in total. The highest BCUT2D eigenvalue weighted by Crippen LogP contribution is 2.49.